The van der Waals surface area contributed by atoms with Gasteiger partial charge in [0.25, 0.3) is 11.8 Å². The summed E-state index contributed by atoms with van der Waals surface area (Å²) in [5, 5.41) is 5.41. The standard InChI is InChI=1S/C17H16ClFN2O3/c1-24-9-8-20-16(22)13-4-2-3-5-15(13)21-17(23)12-7-6-11(18)10-14(12)19/h2-7,10H,8-9H2,1H3,(H,20,22)(H,21,23). The molecule has 0 aliphatic rings. The van der Waals surface area contributed by atoms with Gasteiger partial charge in [-0.15, -0.1) is 0 Å². The molecule has 0 unspecified atom stereocenters. The van der Waals surface area contributed by atoms with Gasteiger partial charge in [0, 0.05) is 18.7 Å². The van der Waals surface area contributed by atoms with E-state index in [4.69, 9.17) is 16.3 Å². The molecule has 0 bridgehead atoms. The van der Waals surface area contributed by atoms with E-state index in [2.05, 4.69) is 10.6 Å². The first-order valence-electron chi connectivity index (χ1n) is 7.15. The highest BCUT2D eigenvalue weighted by Gasteiger charge is 2.16. The zero-order chi connectivity index (χ0) is 17.5. The molecule has 2 aromatic carbocycles. The number of para-hydroxylation sites is 1. The van der Waals surface area contributed by atoms with Crippen molar-refractivity contribution in [3.8, 4) is 0 Å². The Morgan fingerprint density at radius 3 is 2.58 bits per heavy atom. The summed E-state index contributed by atoms with van der Waals surface area (Å²) < 4.78 is 18.7. The molecule has 0 radical (unpaired) electrons. The van der Waals surface area contributed by atoms with Crippen molar-refractivity contribution in [2.24, 2.45) is 0 Å². The summed E-state index contributed by atoms with van der Waals surface area (Å²) in [4.78, 5) is 24.4. The summed E-state index contributed by atoms with van der Waals surface area (Å²) >= 11 is 5.67. The average molecular weight is 351 g/mol. The summed E-state index contributed by atoms with van der Waals surface area (Å²) in [6.45, 7) is 0.708. The fourth-order valence-electron chi connectivity index (χ4n) is 2.02. The van der Waals surface area contributed by atoms with E-state index in [1.807, 2.05) is 0 Å². The third kappa shape index (κ3) is 4.53. The number of hydrogen-bond acceptors (Lipinski definition) is 3. The first-order chi connectivity index (χ1) is 11.5. The van der Waals surface area contributed by atoms with Crippen molar-refractivity contribution >= 4 is 29.1 Å². The molecular formula is C17H16ClFN2O3. The Morgan fingerprint density at radius 2 is 1.88 bits per heavy atom. The molecule has 0 spiro atoms. The second kappa shape index (κ2) is 8.42. The lowest BCUT2D eigenvalue weighted by Crippen LogP contribution is -2.28. The minimum absolute atomic E-state index is 0.158. The second-order valence-corrected chi connectivity index (χ2v) is 5.31. The zero-order valence-electron chi connectivity index (χ0n) is 12.9. The number of benzene rings is 2. The Kier molecular flexibility index (Phi) is 6.28. The number of halogens is 2. The van der Waals surface area contributed by atoms with Crippen molar-refractivity contribution in [2.75, 3.05) is 25.6 Å². The molecule has 0 atom stereocenters. The molecule has 2 amide bonds. The molecule has 2 N–H and O–H groups in total. The molecule has 2 rings (SSSR count). The fourth-order valence-corrected chi connectivity index (χ4v) is 2.17. The topological polar surface area (TPSA) is 67.4 Å². The first kappa shape index (κ1) is 17.9. The number of anilines is 1. The van der Waals surface area contributed by atoms with Gasteiger partial charge in [0.2, 0.25) is 0 Å². The van der Waals surface area contributed by atoms with Crippen LogP contribution in [0.3, 0.4) is 0 Å². The van der Waals surface area contributed by atoms with Crippen molar-refractivity contribution in [1.82, 2.24) is 5.32 Å². The van der Waals surface area contributed by atoms with Crippen molar-refractivity contribution in [3.05, 3.63) is 64.4 Å². The molecule has 0 heterocycles. The lowest BCUT2D eigenvalue weighted by Gasteiger charge is -2.11. The summed E-state index contributed by atoms with van der Waals surface area (Å²) in [7, 11) is 1.53. The lowest BCUT2D eigenvalue weighted by atomic mass is 10.1. The average Bonchev–Trinajstić information content (AvgIpc) is 2.55. The smallest absolute Gasteiger partial charge is 0.258 e. The third-order valence-electron chi connectivity index (χ3n) is 3.19. The van der Waals surface area contributed by atoms with E-state index in [1.165, 1.54) is 19.2 Å². The van der Waals surface area contributed by atoms with Crippen LogP contribution in [0.1, 0.15) is 20.7 Å². The van der Waals surface area contributed by atoms with Gasteiger partial charge in [0.1, 0.15) is 5.82 Å². The lowest BCUT2D eigenvalue weighted by molar-refractivity contribution is 0.0938. The maximum atomic E-state index is 13.8. The van der Waals surface area contributed by atoms with Gasteiger partial charge in [-0.05, 0) is 30.3 Å². The van der Waals surface area contributed by atoms with Crippen LogP contribution in [0, 0.1) is 5.82 Å². The highest BCUT2D eigenvalue weighted by Crippen LogP contribution is 2.19. The van der Waals surface area contributed by atoms with Gasteiger partial charge in [0.05, 0.1) is 23.4 Å². The van der Waals surface area contributed by atoms with E-state index in [0.717, 1.165) is 6.07 Å². The van der Waals surface area contributed by atoms with E-state index >= 15 is 0 Å². The van der Waals surface area contributed by atoms with E-state index in [-0.39, 0.29) is 27.7 Å². The molecule has 0 aliphatic heterocycles. The molecule has 7 heteroatoms. The fraction of sp³-hybridized carbons (Fsp3) is 0.176. The zero-order valence-corrected chi connectivity index (χ0v) is 13.7. The van der Waals surface area contributed by atoms with Gasteiger partial charge in [-0.25, -0.2) is 4.39 Å². The quantitative estimate of drug-likeness (QED) is 0.787. The number of hydrogen-bond donors (Lipinski definition) is 2. The maximum Gasteiger partial charge on any atom is 0.258 e. The summed E-state index contributed by atoms with van der Waals surface area (Å²) in [5.74, 6) is -1.76. The first-order valence-corrected chi connectivity index (χ1v) is 7.53. The SMILES string of the molecule is COCCNC(=O)c1ccccc1NC(=O)c1ccc(Cl)cc1F. The van der Waals surface area contributed by atoms with Crippen LogP contribution in [0.2, 0.25) is 5.02 Å². The molecule has 24 heavy (non-hydrogen) atoms. The van der Waals surface area contributed by atoms with Crippen LogP contribution >= 0.6 is 11.6 Å². The third-order valence-corrected chi connectivity index (χ3v) is 3.42. The van der Waals surface area contributed by atoms with Crippen LogP contribution in [-0.2, 0) is 4.74 Å². The molecule has 2 aromatic rings. The highest BCUT2D eigenvalue weighted by molar-refractivity contribution is 6.30. The number of carbonyl (C=O) groups excluding carboxylic acids is 2. The van der Waals surface area contributed by atoms with Crippen molar-refractivity contribution < 1.29 is 18.7 Å². The van der Waals surface area contributed by atoms with Crippen LogP contribution < -0.4 is 10.6 Å². The summed E-state index contributed by atoms with van der Waals surface area (Å²) in [5.41, 5.74) is 0.400. The van der Waals surface area contributed by atoms with Gasteiger partial charge in [-0.1, -0.05) is 23.7 Å². The molecule has 0 saturated heterocycles. The van der Waals surface area contributed by atoms with E-state index in [0.29, 0.717) is 13.2 Å². The molecule has 126 valence electrons. The van der Waals surface area contributed by atoms with Gasteiger partial charge >= 0.3 is 0 Å². The predicted molar refractivity (Wildman–Crippen MR) is 90.0 cm³/mol. The van der Waals surface area contributed by atoms with Crippen molar-refractivity contribution in [3.63, 3.8) is 0 Å². The number of carbonyl (C=O) groups is 2. The number of amides is 2. The number of ether oxygens (including phenoxy) is 1. The van der Waals surface area contributed by atoms with Crippen LogP contribution in [0.4, 0.5) is 10.1 Å². The second-order valence-electron chi connectivity index (χ2n) is 4.87. The van der Waals surface area contributed by atoms with Crippen molar-refractivity contribution in [2.45, 2.75) is 0 Å². The Bertz CT molecular complexity index is 752. The van der Waals surface area contributed by atoms with Gasteiger partial charge < -0.3 is 15.4 Å². The molecule has 0 aromatic heterocycles. The monoisotopic (exact) mass is 350 g/mol. The van der Waals surface area contributed by atoms with Crippen LogP contribution in [0.15, 0.2) is 42.5 Å². The Morgan fingerprint density at radius 1 is 1.12 bits per heavy atom. The number of nitrogens with one attached hydrogen (secondary N) is 2. The molecule has 0 fully saturated rings. The molecule has 0 aliphatic carbocycles. The van der Waals surface area contributed by atoms with E-state index < -0.39 is 11.7 Å². The number of methoxy groups -OCH3 is 1. The molecular weight excluding hydrogens is 335 g/mol. The number of rotatable bonds is 6. The summed E-state index contributed by atoms with van der Waals surface area (Å²) in [6.07, 6.45) is 0. The van der Waals surface area contributed by atoms with Crippen LogP contribution in [0.5, 0.6) is 0 Å². The van der Waals surface area contributed by atoms with Crippen LogP contribution in [0.25, 0.3) is 0 Å². The van der Waals surface area contributed by atoms with Crippen LogP contribution in [-0.4, -0.2) is 32.1 Å². The molecule has 0 saturated carbocycles. The Hall–Kier alpha value is -2.44. The van der Waals surface area contributed by atoms with E-state index in [1.54, 1.807) is 24.3 Å². The highest BCUT2D eigenvalue weighted by atomic mass is 35.5. The van der Waals surface area contributed by atoms with Gasteiger partial charge in [-0.2, -0.15) is 0 Å². The summed E-state index contributed by atoms with van der Waals surface area (Å²) in [6, 6.07) is 10.2. The van der Waals surface area contributed by atoms with Gasteiger partial charge in [-0.3, -0.25) is 9.59 Å². The molecule has 5 nitrogen and oxygen atoms in total. The Balaban J connectivity index is 2.17. The minimum Gasteiger partial charge on any atom is -0.383 e. The maximum absolute atomic E-state index is 13.8. The largest absolute Gasteiger partial charge is 0.383 e. The Labute approximate surface area is 143 Å². The van der Waals surface area contributed by atoms with Crippen molar-refractivity contribution in [1.29, 1.82) is 0 Å². The van der Waals surface area contributed by atoms with E-state index in [9.17, 15) is 14.0 Å². The normalized spacial score (nSPS) is 10.3. The minimum atomic E-state index is -0.734. The predicted octanol–water partition coefficient (Wildman–Crippen LogP) is 3.11. The van der Waals surface area contributed by atoms with Gasteiger partial charge in [0.15, 0.2) is 0 Å².